The van der Waals surface area contributed by atoms with E-state index in [0.717, 1.165) is 6.26 Å². The van der Waals surface area contributed by atoms with Gasteiger partial charge in [0.15, 0.2) is 0 Å². The molecule has 98 valence electrons. The van der Waals surface area contributed by atoms with Crippen molar-refractivity contribution in [2.45, 2.75) is 12.7 Å². The highest BCUT2D eigenvalue weighted by atomic mass is 32.2. The third kappa shape index (κ3) is 10.3. The molecular weight excluding hydrogens is 240 g/mol. The van der Waals surface area contributed by atoms with E-state index in [-0.39, 0.29) is 33.0 Å². The summed E-state index contributed by atoms with van der Waals surface area (Å²) in [5, 5.41) is 17.8. The third-order valence-corrected chi connectivity index (χ3v) is 1.97. The van der Waals surface area contributed by atoms with Crippen LogP contribution in [0, 0.1) is 0 Å². The zero-order valence-electron chi connectivity index (χ0n) is 9.38. The zero-order chi connectivity index (χ0) is 12.7. The molecule has 0 radical (unpaired) electrons. The van der Waals surface area contributed by atoms with Crippen molar-refractivity contribution in [2.24, 2.45) is 0 Å². The lowest BCUT2D eigenvalue weighted by Gasteiger charge is -2.21. The number of hydrogen-bond donors (Lipinski definition) is 2. The molecule has 0 spiro atoms. The Balaban J connectivity index is 3.66. The van der Waals surface area contributed by atoms with Crippen molar-refractivity contribution in [1.82, 2.24) is 0 Å². The molecule has 0 saturated heterocycles. The Hall–Kier alpha value is -0.250. The molecular formula is C8H18O7S. The molecule has 0 aliphatic carbocycles. The van der Waals surface area contributed by atoms with Gasteiger partial charge >= 0.3 is 0 Å². The van der Waals surface area contributed by atoms with Crippen LogP contribution in [0.25, 0.3) is 0 Å². The van der Waals surface area contributed by atoms with Crippen LogP contribution in [0.15, 0.2) is 0 Å². The highest BCUT2D eigenvalue weighted by Crippen LogP contribution is 2.09. The molecule has 16 heavy (non-hydrogen) atoms. The second kappa shape index (κ2) is 7.15. The molecule has 0 heterocycles. The van der Waals surface area contributed by atoms with E-state index in [1.54, 1.807) is 0 Å². The lowest BCUT2D eigenvalue weighted by molar-refractivity contribution is -0.163. The SMILES string of the molecule is CC(O)(COCCOCCO)OS(C)(=O)=O. The normalized spacial score (nSPS) is 16.0. The Labute approximate surface area is 95.1 Å². The minimum Gasteiger partial charge on any atom is -0.394 e. The van der Waals surface area contributed by atoms with Gasteiger partial charge in [-0.05, 0) is 6.92 Å². The smallest absolute Gasteiger partial charge is 0.267 e. The molecule has 0 saturated carbocycles. The molecule has 0 bridgehead atoms. The second-order valence-corrected chi connectivity index (χ2v) is 4.93. The standard InChI is InChI=1S/C8H18O7S/c1-8(10,15-16(2,11)12)7-14-6-5-13-4-3-9/h9-10H,3-7H2,1-2H3. The van der Waals surface area contributed by atoms with Gasteiger partial charge in [0.2, 0.25) is 5.79 Å². The van der Waals surface area contributed by atoms with Crippen molar-refractivity contribution < 1.29 is 32.3 Å². The van der Waals surface area contributed by atoms with Crippen LogP contribution >= 0.6 is 0 Å². The third-order valence-electron chi connectivity index (χ3n) is 1.31. The van der Waals surface area contributed by atoms with Gasteiger partial charge in [0.05, 0.1) is 32.7 Å². The Morgan fingerprint density at radius 3 is 2.25 bits per heavy atom. The fraction of sp³-hybridized carbons (Fsp3) is 1.00. The number of hydrogen-bond acceptors (Lipinski definition) is 7. The second-order valence-electron chi connectivity index (χ2n) is 3.35. The lowest BCUT2D eigenvalue weighted by Crippen LogP contribution is -2.36. The van der Waals surface area contributed by atoms with Crippen molar-refractivity contribution >= 4 is 10.1 Å². The molecule has 1 atom stereocenters. The highest BCUT2D eigenvalue weighted by molar-refractivity contribution is 7.86. The minimum absolute atomic E-state index is 0.0745. The molecule has 0 aromatic heterocycles. The topological polar surface area (TPSA) is 102 Å². The molecule has 8 heteroatoms. The largest absolute Gasteiger partial charge is 0.394 e. The van der Waals surface area contributed by atoms with Gasteiger partial charge < -0.3 is 19.7 Å². The zero-order valence-corrected chi connectivity index (χ0v) is 10.2. The average Bonchev–Trinajstić information content (AvgIpc) is 2.06. The summed E-state index contributed by atoms with van der Waals surface area (Å²) in [5.74, 6) is -1.88. The summed E-state index contributed by atoms with van der Waals surface area (Å²) < 4.78 is 35.7. The Kier molecular flexibility index (Phi) is 7.04. The maximum atomic E-state index is 10.7. The van der Waals surface area contributed by atoms with Gasteiger partial charge in [0, 0.05) is 0 Å². The van der Waals surface area contributed by atoms with Gasteiger partial charge in [-0.25, -0.2) is 4.18 Å². The molecule has 0 amide bonds. The van der Waals surface area contributed by atoms with E-state index in [1.807, 2.05) is 0 Å². The first-order valence-corrected chi connectivity index (χ1v) is 6.48. The maximum absolute atomic E-state index is 10.7. The summed E-state index contributed by atoms with van der Waals surface area (Å²) in [4.78, 5) is 0. The van der Waals surface area contributed by atoms with E-state index >= 15 is 0 Å². The van der Waals surface area contributed by atoms with Gasteiger partial charge in [-0.3, -0.25) is 0 Å². The number of rotatable bonds is 9. The summed E-state index contributed by atoms with van der Waals surface area (Å²) in [6.07, 6.45) is 0.839. The summed E-state index contributed by atoms with van der Waals surface area (Å²) in [6, 6.07) is 0. The van der Waals surface area contributed by atoms with Crippen LogP contribution in [0.1, 0.15) is 6.92 Å². The van der Waals surface area contributed by atoms with Gasteiger partial charge in [-0.2, -0.15) is 8.42 Å². The van der Waals surface area contributed by atoms with Crippen molar-refractivity contribution in [3.63, 3.8) is 0 Å². The van der Waals surface area contributed by atoms with Crippen molar-refractivity contribution in [3.8, 4) is 0 Å². The fourth-order valence-corrected chi connectivity index (χ4v) is 1.60. The minimum atomic E-state index is -3.73. The predicted molar refractivity (Wildman–Crippen MR) is 55.3 cm³/mol. The van der Waals surface area contributed by atoms with E-state index in [2.05, 4.69) is 4.18 Å². The monoisotopic (exact) mass is 258 g/mol. The predicted octanol–water partition coefficient (Wildman–Crippen LogP) is -1.30. The summed E-state index contributed by atoms with van der Waals surface area (Å²) in [6.45, 7) is 1.44. The number of aliphatic hydroxyl groups is 2. The quantitative estimate of drug-likeness (QED) is 0.301. The molecule has 0 aliphatic heterocycles. The molecule has 2 N–H and O–H groups in total. The molecule has 0 rings (SSSR count). The van der Waals surface area contributed by atoms with Gasteiger partial charge in [-0.15, -0.1) is 0 Å². The average molecular weight is 258 g/mol. The molecule has 0 aromatic rings. The van der Waals surface area contributed by atoms with Crippen LogP contribution in [0.5, 0.6) is 0 Å². The van der Waals surface area contributed by atoms with Crippen LogP contribution in [-0.2, 0) is 23.8 Å². The van der Waals surface area contributed by atoms with Crippen molar-refractivity contribution in [1.29, 1.82) is 0 Å². The highest BCUT2D eigenvalue weighted by Gasteiger charge is 2.26. The lowest BCUT2D eigenvalue weighted by atomic mass is 10.4. The Morgan fingerprint density at radius 2 is 1.75 bits per heavy atom. The van der Waals surface area contributed by atoms with Crippen LogP contribution in [0.3, 0.4) is 0 Å². The summed E-state index contributed by atoms with van der Waals surface area (Å²) in [7, 11) is -3.73. The Bertz CT molecular complexity index is 272. The first-order valence-electron chi connectivity index (χ1n) is 4.66. The molecule has 0 aliphatic rings. The van der Waals surface area contributed by atoms with E-state index < -0.39 is 15.9 Å². The van der Waals surface area contributed by atoms with Gasteiger partial charge in [0.1, 0.15) is 6.61 Å². The van der Waals surface area contributed by atoms with E-state index in [0.29, 0.717) is 0 Å². The number of aliphatic hydroxyl groups excluding tert-OH is 1. The first-order chi connectivity index (χ1) is 7.27. The van der Waals surface area contributed by atoms with E-state index in [1.165, 1.54) is 6.92 Å². The van der Waals surface area contributed by atoms with Crippen molar-refractivity contribution in [2.75, 3.05) is 39.3 Å². The van der Waals surface area contributed by atoms with Gasteiger partial charge in [-0.1, -0.05) is 0 Å². The number of ether oxygens (including phenoxy) is 2. The van der Waals surface area contributed by atoms with E-state index in [4.69, 9.17) is 14.6 Å². The van der Waals surface area contributed by atoms with Crippen LogP contribution in [0.4, 0.5) is 0 Å². The van der Waals surface area contributed by atoms with Crippen molar-refractivity contribution in [3.05, 3.63) is 0 Å². The van der Waals surface area contributed by atoms with Crippen LogP contribution in [0.2, 0.25) is 0 Å². The molecule has 7 nitrogen and oxygen atoms in total. The molecule has 1 unspecified atom stereocenters. The first kappa shape index (κ1) is 15.8. The molecule has 0 aromatic carbocycles. The maximum Gasteiger partial charge on any atom is 0.267 e. The van der Waals surface area contributed by atoms with Gasteiger partial charge in [0.25, 0.3) is 10.1 Å². The fourth-order valence-electron chi connectivity index (χ4n) is 0.896. The van der Waals surface area contributed by atoms with E-state index in [9.17, 15) is 13.5 Å². The molecule has 0 fully saturated rings. The summed E-state index contributed by atoms with van der Waals surface area (Å²) in [5.41, 5.74) is 0. The van der Waals surface area contributed by atoms with Crippen LogP contribution < -0.4 is 0 Å². The Morgan fingerprint density at radius 1 is 1.19 bits per heavy atom. The van der Waals surface area contributed by atoms with Crippen LogP contribution in [-0.4, -0.2) is 63.7 Å². The summed E-state index contributed by atoms with van der Waals surface area (Å²) >= 11 is 0.